The predicted molar refractivity (Wildman–Crippen MR) is 119 cm³/mol. The fraction of sp³-hybridized carbons (Fsp3) is 0.130. The molecule has 2 aromatic heterocycles. The van der Waals surface area contributed by atoms with Crippen molar-refractivity contribution in [1.29, 1.82) is 0 Å². The quantitative estimate of drug-likeness (QED) is 0.369. The van der Waals surface area contributed by atoms with Crippen molar-refractivity contribution in [3.8, 4) is 5.69 Å². The molecule has 0 radical (unpaired) electrons. The molecule has 0 unspecified atom stereocenters. The standard InChI is InChI=1S/C23H19ClN4O3/c1-14-3-7-18(8-4-14)28-21(11-15(2)27-28)26-22(29)13-31-23(30)17-5-9-19-16(12-17)6-10-20(24)25-19/h3-12H,13H2,1-2H3,(H,26,29). The Morgan fingerprint density at radius 1 is 1.03 bits per heavy atom. The van der Waals surface area contributed by atoms with Gasteiger partial charge in [-0.1, -0.05) is 29.3 Å². The van der Waals surface area contributed by atoms with Gasteiger partial charge >= 0.3 is 5.97 Å². The molecule has 0 atom stereocenters. The molecule has 0 spiro atoms. The molecule has 4 aromatic rings. The molecule has 0 saturated carbocycles. The van der Waals surface area contributed by atoms with Crippen LogP contribution in [0.25, 0.3) is 16.6 Å². The average molecular weight is 435 g/mol. The lowest BCUT2D eigenvalue weighted by Crippen LogP contribution is -2.22. The summed E-state index contributed by atoms with van der Waals surface area (Å²) < 4.78 is 6.81. The Hall–Kier alpha value is -3.71. The van der Waals surface area contributed by atoms with Gasteiger partial charge in [0.15, 0.2) is 6.61 Å². The maximum atomic E-state index is 12.4. The second-order valence-electron chi connectivity index (χ2n) is 7.08. The Labute approximate surface area is 183 Å². The molecule has 0 aliphatic rings. The van der Waals surface area contributed by atoms with Gasteiger partial charge < -0.3 is 10.1 Å². The van der Waals surface area contributed by atoms with Gasteiger partial charge in [-0.15, -0.1) is 0 Å². The van der Waals surface area contributed by atoms with Gasteiger partial charge in [0.05, 0.1) is 22.5 Å². The highest BCUT2D eigenvalue weighted by atomic mass is 35.5. The van der Waals surface area contributed by atoms with Gasteiger partial charge in [0.1, 0.15) is 11.0 Å². The molecule has 2 heterocycles. The van der Waals surface area contributed by atoms with E-state index in [0.29, 0.717) is 22.1 Å². The van der Waals surface area contributed by atoms with Gasteiger partial charge in [-0.05, 0) is 56.3 Å². The number of hydrogen-bond acceptors (Lipinski definition) is 5. The van der Waals surface area contributed by atoms with Crippen LogP contribution in [0.3, 0.4) is 0 Å². The fourth-order valence-electron chi connectivity index (χ4n) is 3.09. The highest BCUT2D eigenvalue weighted by Gasteiger charge is 2.14. The van der Waals surface area contributed by atoms with E-state index in [-0.39, 0.29) is 0 Å². The maximum absolute atomic E-state index is 12.4. The van der Waals surface area contributed by atoms with Gasteiger partial charge in [-0.3, -0.25) is 4.79 Å². The smallest absolute Gasteiger partial charge is 0.338 e. The number of nitrogens with zero attached hydrogens (tertiary/aromatic N) is 3. The van der Waals surface area contributed by atoms with Gasteiger partial charge in [0, 0.05) is 11.5 Å². The number of pyridine rings is 1. The van der Waals surface area contributed by atoms with Crippen molar-refractivity contribution in [3.63, 3.8) is 0 Å². The van der Waals surface area contributed by atoms with Crippen LogP contribution in [-0.4, -0.2) is 33.2 Å². The highest BCUT2D eigenvalue weighted by molar-refractivity contribution is 6.29. The van der Waals surface area contributed by atoms with Crippen LogP contribution in [0.4, 0.5) is 5.82 Å². The van der Waals surface area contributed by atoms with Crippen LogP contribution >= 0.6 is 11.6 Å². The number of rotatable bonds is 5. The van der Waals surface area contributed by atoms with E-state index in [1.54, 1.807) is 41.1 Å². The minimum Gasteiger partial charge on any atom is -0.452 e. The number of carbonyl (C=O) groups excluding carboxylic acids is 2. The van der Waals surface area contributed by atoms with Crippen molar-refractivity contribution < 1.29 is 14.3 Å². The van der Waals surface area contributed by atoms with Crippen LogP contribution in [0.15, 0.2) is 60.7 Å². The summed E-state index contributed by atoms with van der Waals surface area (Å²) in [5.74, 6) is -0.567. The predicted octanol–water partition coefficient (Wildman–Crippen LogP) is 4.49. The van der Waals surface area contributed by atoms with Crippen LogP contribution in [0.5, 0.6) is 0 Å². The molecule has 0 fully saturated rings. The number of fused-ring (bicyclic) bond motifs is 1. The van der Waals surface area contributed by atoms with Gasteiger partial charge in [-0.2, -0.15) is 5.10 Å². The number of nitrogens with one attached hydrogen (secondary N) is 1. The molecule has 4 rings (SSSR count). The third kappa shape index (κ3) is 4.73. The molecule has 0 bridgehead atoms. The topological polar surface area (TPSA) is 86.1 Å². The number of ether oxygens (including phenoxy) is 1. The lowest BCUT2D eigenvalue weighted by molar-refractivity contribution is -0.119. The zero-order valence-electron chi connectivity index (χ0n) is 16.9. The minimum atomic E-state index is -0.602. The van der Waals surface area contributed by atoms with E-state index >= 15 is 0 Å². The van der Waals surface area contributed by atoms with Gasteiger partial charge in [0.25, 0.3) is 5.91 Å². The largest absolute Gasteiger partial charge is 0.452 e. The van der Waals surface area contributed by atoms with Crippen molar-refractivity contribution in [2.24, 2.45) is 0 Å². The first kappa shape index (κ1) is 20.6. The Morgan fingerprint density at radius 2 is 1.81 bits per heavy atom. The number of aromatic nitrogens is 3. The van der Waals surface area contributed by atoms with Crippen molar-refractivity contribution in [3.05, 3.63) is 82.6 Å². The molecule has 31 heavy (non-hydrogen) atoms. The molecule has 2 aromatic carbocycles. The van der Waals surface area contributed by atoms with E-state index in [1.807, 2.05) is 38.1 Å². The van der Waals surface area contributed by atoms with Gasteiger partial charge in [-0.25, -0.2) is 14.5 Å². The number of esters is 1. The third-order valence-electron chi connectivity index (χ3n) is 4.60. The molecular formula is C23H19ClN4O3. The second kappa shape index (κ2) is 8.57. The summed E-state index contributed by atoms with van der Waals surface area (Å²) in [5, 5.41) is 8.29. The average Bonchev–Trinajstić information content (AvgIpc) is 3.12. The summed E-state index contributed by atoms with van der Waals surface area (Å²) >= 11 is 5.88. The monoisotopic (exact) mass is 434 g/mol. The first-order chi connectivity index (χ1) is 14.9. The molecule has 1 amide bonds. The zero-order valence-corrected chi connectivity index (χ0v) is 17.7. The summed E-state index contributed by atoms with van der Waals surface area (Å²) in [7, 11) is 0. The molecule has 8 heteroatoms. The Morgan fingerprint density at radius 3 is 2.58 bits per heavy atom. The number of benzene rings is 2. The molecule has 1 N–H and O–H groups in total. The van der Waals surface area contributed by atoms with E-state index in [4.69, 9.17) is 16.3 Å². The molecule has 7 nitrogen and oxygen atoms in total. The SMILES string of the molecule is Cc1ccc(-n2nc(C)cc2NC(=O)COC(=O)c2ccc3nc(Cl)ccc3c2)cc1. The Bertz CT molecular complexity index is 1280. The van der Waals surface area contributed by atoms with Gasteiger partial charge in [0.2, 0.25) is 0 Å². The summed E-state index contributed by atoms with van der Waals surface area (Å²) in [6, 6.07) is 17.8. The van der Waals surface area contributed by atoms with E-state index in [0.717, 1.165) is 22.3 Å². The molecule has 0 aliphatic heterocycles. The lowest BCUT2D eigenvalue weighted by Gasteiger charge is -2.10. The van der Waals surface area contributed by atoms with Crippen LogP contribution in [-0.2, 0) is 9.53 Å². The van der Waals surface area contributed by atoms with Crippen LogP contribution in [0, 0.1) is 13.8 Å². The lowest BCUT2D eigenvalue weighted by atomic mass is 10.1. The summed E-state index contributed by atoms with van der Waals surface area (Å²) in [6.07, 6.45) is 0. The second-order valence-corrected chi connectivity index (χ2v) is 7.47. The summed E-state index contributed by atoms with van der Waals surface area (Å²) in [5.41, 5.74) is 3.68. The maximum Gasteiger partial charge on any atom is 0.338 e. The van der Waals surface area contributed by atoms with E-state index < -0.39 is 18.5 Å². The van der Waals surface area contributed by atoms with E-state index in [2.05, 4.69) is 15.4 Å². The molecule has 0 saturated heterocycles. The van der Waals surface area contributed by atoms with Crippen LogP contribution in [0.2, 0.25) is 5.15 Å². The van der Waals surface area contributed by atoms with E-state index in [1.165, 1.54) is 0 Å². The van der Waals surface area contributed by atoms with Crippen molar-refractivity contribution in [1.82, 2.24) is 14.8 Å². The number of halogens is 1. The summed E-state index contributed by atoms with van der Waals surface area (Å²) in [6.45, 7) is 3.41. The van der Waals surface area contributed by atoms with Crippen molar-refractivity contribution in [2.75, 3.05) is 11.9 Å². The van der Waals surface area contributed by atoms with E-state index in [9.17, 15) is 9.59 Å². The Balaban J connectivity index is 1.42. The van der Waals surface area contributed by atoms with Crippen molar-refractivity contribution >= 4 is 40.2 Å². The minimum absolute atomic E-state index is 0.324. The number of anilines is 1. The molecule has 0 aliphatic carbocycles. The first-order valence-electron chi connectivity index (χ1n) is 9.56. The third-order valence-corrected chi connectivity index (χ3v) is 4.81. The van der Waals surface area contributed by atoms with Crippen LogP contribution < -0.4 is 5.32 Å². The highest BCUT2D eigenvalue weighted by Crippen LogP contribution is 2.19. The molecular weight excluding hydrogens is 416 g/mol. The molecule has 156 valence electrons. The van der Waals surface area contributed by atoms with Crippen molar-refractivity contribution in [2.45, 2.75) is 13.8 Å². The zero-order chi connectivity index (χ0) is 22.0. The number of aryl methyl sites for hydroxylation is 2. The fourth-order valence-corrected chi connectivity index (χ4v) is 3.25. The summed E-state index contributed by atoms with van der Waals surface area (Å²) in [4.78, 5) is 28.9. The number of amides is 1. The normalized spacial score (nSPS) is 10.8. The Kier molecular flexibility index (Phi) is 5.68. The number of carbonyl (C=O) groups is 2. The first-order valence-corrected chi connectivity index (χ1v) is 9.94. The van der Waals surface area contributed by atoms with Crippen LogP contribution in [0.1, 0.15) is 21.6 Å². The number of hydrogen-bond donors (Lipinski definition) is 1.